The summed E-state index contributed by atoms with van der Waals surface area (Å²) in [6.07, 6.45) is 5.48. The quantitative estimate of drug-likeness (QED) is 0.783. The molecule has 0 fully saturated rings. The summed E-state index contributed by atoms with van der Waals surface area (Å²) in [4.78, 5) is 0. The zero-order chi connectivity index (χ0) is 14.2. The van der Waals surface area contributed by atoms with Crippen LogP contribution in [0.2, 0.25) is 0 Å². The van der Waals surface area contributed by atoms with Gasteiger partial charge < -0.3 is 9.47 Å². The molecule has 0 saturated carbocycles. The Labute approximate surface area is 119 Å². The zero-order valence-electron chi connectivity index (χ0n) is 11.9. The molecule has 0 bridgehead atoms. The molecule has 106 valence electrons. The molecule has 0 unspecified atom stereocenters. The van der Waals surface area contributed by atoms with Crippen LogP contribution in [0.5, 0.6) is 0 Å². The molecule has 2 rings (SSSR count). The molecule has 1 aromatic heterocycles. The molecule has 20 heavy (non-hydrogen) atoms. The highest BCUT2D eigenvalue weighted by atomic mass is 16.7. The minimum absolute atomic E-state index is 0.282. The van der Waals surface area contributed by atoms with Crippen molar-refractivity contribution in [2.45, 2.75) is 20.1 Å². The number of ether oxygens (including phenoxy) is 2. The molecule has 0 amide bonds. The average Bonchev–Trinajstić information content (AvgIpc) is 2.99. The van der Waals surface area contributed by atoms with Gasteiger partial charge in [-0.1, -0.05) is 30.3 Å². The summed E-state index contributed by atoms with van der Waals surface area (Å²) in [6.45, 7) is 5.19. The van der Waals surface area contributed by atoms with Gasteiger partial charge in [0.15, 0.2) is 6.29 Å². The summed E-state index contributed by atoms with van der Waals surface area (Å²) in [6, 6.07) is 10.1. The standard InChI is InChI=1S/C16H20N2O2/c1-3-19-16(20-4-2)14-8-5-13(6-9-14)7-10-15-11-12-17-18-15/h5-12,16H,3-4H2,1-2H3,(H,17,18). The van der Waals surface area contributed by atoms with Crippen LogP contribution >= 0.6 is 0 Å². The van der Waals surface area contributed by atoms with Crippen LogP contribution in [0.3, 0.4) is 0 Å². The van der Waals surface area contributed by atoms with E-state index in [0.717, 1.165) is 16.8 Å². The molecular formula is C16H20N2O2. The molecule has 0 atom stereocenters. The summed E-state index contributed by atoms with van der Waals surface area (Å²) >= 11 is 0. The number of aromatic amines is 1. The fourth-order valence-electron chi connectivity index (χ4n) is 1.85. The fraction of sp³-hybridized carbons (Fsp3) is 0.312. The molecule has 1 aromatic carbocycles. The molecule has 0 radical (unpaired) electrons. The maximum atomic E-state index is 5.57. The van der Waals surface area contributed by atoms with Gasteiger partial charge in [0, 0.05) is 25.0 Å². The molecular weight excluding hydrogens is 252 g/mol. The van der Waals surface area contributed by atoms with Crippen molar-refractivity contribution in [1.82, 2.24) is 10.2 Å². The summed E-state index contributed by atoms with van der Waals surface area (Å²) in [5, 5.41) is 6.80. The van der Waals surface area contributed by atoms with E-state index < -0.39 is 0 Å². The van der Waals surface area contributed by atoms with Crippen molar-refractivity contribution in [2.24, 2.45) is 0 Å². The second kappa shape index (κ2) is 7.62. The van der Waals surface area contributed by atoms with E-state index in [-0.39, 0.29) is 6.29 Å². The van der Waals surface area contributed by atoms with Crippen molar-refractivity contribution >= 4 is 12.2 Å². The number of nitrogens with zero attached hydrogens (tertiary/aromatic N) is 1. The molecule has 0 saturated heterocycles. The van der Waals surface area contributed by atoms with E-state index in [1.165, 1.54) is 0 Å². The van der Waals surface area contributed by atoms with Gasteiger partial charge in [-0.15, -0.1) is 0 Å². The Morgan fingerprint density at radius 3 is 2.30 bits per heavy atom. The molecule has 2 aromatic rings. The van der Waals surface area contributed by atoms with Gasteiger partial charge in [-0.25, -0.2) is 0 Å². The van der Waals surface area contributed by atoms with E-state index in [9.17, 15) is 0 Å². The predicted octanol–water partition coefficient (Wildman–Crippen LogP) is 3.65. The van der Waals surface area contributed by atoms with E-state index in [2.05, 4.69) is 10.2 Å². The first kappa shape index (κ1) is 14.5. The lowest BCUT2D eigenvalue weighted by molar-refractivity contribution is -0.140. The van der Waals surface area contributed by atoms with Crippen LogP contribution in [-0.2, 0) is 9.47 Å². The maximum absolute atomic E-state index is 5.57. The fourth-order valence-corrected chi connectivity index (χ4v) is 1.85. The second-order valence-corrected chi connectivity index (χ2v) is 4.25. The van der Waals surface area contributed by atoms with Gasteiger partial charge in [-0.05, 0) is 31.6 Å². The highest BCUT2D eigenvalue weighted by molar-refractivity contribution is 5.67. The molecule has 1 N–H and O–H groups in total. The van der Waals surface area contributed by atoms with E-state index >= 15 is 0 Å². The third-order valence-electron chi connectivity index (χ3n) is 2.82. The van der Waals surface area contributed by atoms with Crippen molar-refractivity contribution in [2.75, 3.05) is 13.2 Å². The monoisotopic (exact) mass is 272 g/mol. The third kappa shape index (κ3) is 4.05. The number of hydrogen-bond acceptors (Lipinski definition) is 3. The number of aromatic nitrogens is 2. The first-order valence-corrected chi connectivity index (χ1v) is 6.84. The maximum Gasteiger partial charge on any atom is 0.183 e. The predicted molar refractivity (Wildman–Crippen MR) is 80.0 cm³/mol. The normalized spacial score (nSPS) is 11.6. The van der Waals surface area contributed by atoms with Gasteiger partial charge in [0.05, 0.1) is 5.69 Å². The number of H-pyrrole nitrogens is 1. The van der Waals surface area contributed by atoms with Crippen LogP contribution < -0.4 is 0 Å². The molecule has 4 heteroatoms. The second-order valence-electron chi connectivity index (χ2n) is 4.25. The van der Waals surface area contributed by atoms with Crippen molar-refractivity contribution in [3.8, 4) is 0 Å². The largest absolute Gasteiger partial charge is 0.349 e. The molecule has 1 heterocycles. The Morgan fingerprint density at radius 2 is 1.75 bits per heavy atom. The zero-order valence-corrected chi connectivity index (χ0v) is 11.9. The van der Waals surface area contributed by atoms with Crippen LogP contribution in [-0.4, -0.2) is 23.4 Å². The average molecular weight is 272 g/mol. The summed E-state index contributed by atoms with van der Waals surface area (Å²) in [5.74, 6) is 0. The minimum Gasteiger partial charge on any atom is -0.349 e. The number of nitrogens with one attached hydrogen (secondary N) is 1. The Balaban J connectivity index is 2.05. The molecule has 0 aliphatic carbocycles. The lowest BCUT2D eigenvalue weighted by Gasteiger charge is -2.17. The van der Waals surface area contributed by atoms with Gasteiger partial charge in [-0.3, -0.25) is 5.10 Å². The molecule has 0 aliphatic rings. The molecule has 0 aliphatic heterocycles. The van der Waals surface area contributed by atoms with Gasteiger partial charge in [0.2, 0.25) is 0 Å². The van der Waals surface area contributed by atoms with Crippen molar-refractivity contribution in [3.05, 3.63) is 53.3 Å². The Bertz CT molecular complexity index is 512. The van der Waals surface area contributed by atoms with E-state index in [0.29, 0.717) is 13.2 Å². The summed E-state index contributed by atoms with van der Waals surface area (Å²) in [5.41, 5.74) is 3.14. The van der Waals surface area contributed by atoms with E-state index in [4.69, 9.17) is 9.47 Å². The first-order chi connectivity index (χ1) is 9.83. The van der Waals surface area contributed by atoms with E-state index in [1.54, 1.807) is 6.20 Å². The van der Waals surface area contributed by atoms with Crippen LogP contribution in [0.1, 0.15) is 37.0 Å². The Kier molecular flexibility index (Phi) is 5.53. The first-order valence-electron chi connectivity index (χ1n) is 6.84. The number of hydrogen-bond donors (Lipinski definition) is 1. The topological polar surface area (TPSA) is 47.1 Å². The Morgan fingerprint density at radius 1 is 1.05 bits per heavy atom. The highest BCUT2D eigenvalue weighted by Gasteiger charge is 2.10. The van der Waals surface area contributed by atoms with E-state index in [1.807, 2.05) is 56.3 Å². The van der Waals surface area contributed by atoms with Crippen LogP contribution in [0, 0.1) is 0 Å². The van der Waals surface area contributed by atoms with Gasteiger partial charge in [0.25, 0.3) is 0 Å². The van der Waals surface area contributed by atoms with Crippen molar-refractivity contribution in [3.63, 3.8) is 0 Å². The van der Waals surface area contributed by atoms with Crippen molar-refractivity contribution < 1.29 is 9.47 Å². The van der Waals surface area contributed by atoms with Crippen molar-refractivity contribution in [1.29, 1.82) is 0 Å². The van der Waals surface area contributed by atoms with Gasteiger partial charge >= 0.3 is 0 Å². The minimum atomic E-state index is -0.282. The number of rotatable bonds is 7. The number of benzene rings is 1. The SMILES string of the molecule is CCOC(OCC)c1ccc(C=Cc2ccn[nH]2)cc1. The highest BCUT2D eigenvalue weighted by Crippen LogP contribution is 2.20. The smallest absolute Gasteiger partial charge is 0.183 e. The molecule has 0 spiro atoms. The molecule has 4 nitrogen and oxygen atoms in total. The Hall–Kier alpha value is -1.91. The lowest BCUT2D eigenvalue weighted by atomic mass is 10.1. The summed E-state index contributed by atoms with van der Waals surface area (Å²) in [7, 11) is 0. The van der Waals surface area contributed by atoms with Gasteiger partial charge in [0.1, 0.15) is 0 Å². The van der Waals surface area contributed by atoms with Crippen LogP contribution in [0.15, 0.2) is 36.5 Å². The third-order valence-corrected chi connectivity index (χ3v) is 2.82. The van der Waals surface area contributed by atoms with Gasteiger partial charge in [-0.2, -0.15) is 5.10 Å². The lowest BCUT2D eigenvalue weighted by Crippen LogP contribution is -2.08. The van der Waals surface area contributed by atoms with Crippen LogP contribution in [0.4, 0.5) is 0 Å². The van der Waals surface area contributed by atoms with Crippen LogP contribution in [0.25, 0.3) is 12.2 Å². The summed E-state index contributed by atoms with van der Waals surface area (Å²) < 4.78 is 11.1.